The van der Waals surface area contributed by atoms with Gasteiger partial charge in [0, 0.05) is 53.0 Å². The second kappa shape index (κ2) is 10.8. The average Bonchev–Trinajstić information content (AvgIpc) is 3.37. The number of rotatable bonds is 7. The van der Waals surface area contributed by atoms with Crippen LogP contribution in [0.25, 0.3) is 0 Å². The number of halogens is 4. The maximum Gasteiger partial charge on any atom is 0.403 e. The molecule has 1 saturated heterocycles. The van der Waals surface area contributed by atoms with Gasteiger partial charge in [0.05, 0.1) is 0 Å². The third-order valence-electron chi connectivity index (χ3n) is 4.65. The van der Waals surface area contributed by atoms with Crippen LogP contribution in [0.3, 0.4) is 0 Å². The van der Waals surface area contributed by atoms with Gasteiger partial charge in [-0.1, -0.05) is 0 Å². The fourth-order valence-corrected chi connectivity index (χ4v) is 2.77. The number of hydrogen-bond acceptors (Lipinski definition) is 3. The second-order valence-electron chi connectivity index (χ2n) is 6.59. The Morgan fingerprint density at radius 3 is 2.40 bits per heavy atom. The van der Waals surface area contributed by atoms with E-state index in [0.717, 1.165) is 38.1 Å². The summed E-state index contributed by atoms with van der Waals surface area (Å²) in [6, 6.07) is -1.39. The number of ether oxygens (including phenoxy) is 1. The monoisotopic (exact) mass is 478 g/mol. The van der Waals surface area contributed by atoms with Gasteiger partial charge in [-0.2, -0.15) is 13.2 Å². The minimum atomic E-state index is -4.16. The summed E-state index contributed by atoms with van der Waals surface area (Å²) in [5, 5.41) is 3.27. The van der Waals surface area contributed by atoms with E-state index in [-0.39, 0.29) is 24.0 Å². The molecule has 2 fully saturated rings. The second-order valence-corrected chi connectivity index (χ2v) is 6.59. The van der Waals surface area contributed by atoms with Crippen LogP contribution >= 0.6 is 24.0 Å². The topological polar surface area (TPSA) is 40.1 Å². The fourth-order valence-electron chi connectivity index (χ4n) is 2.77. The highest BCUT2D eigenvalue weighted by Crippen LogP contribution is 2.28. The van der Waals surface area contributed by atoms with Crippen molar-refractivity contribution in [2.75, 3.05) is 53.0 Å². The van der Waals surface area contributed by atoms with Gasteiger partial charge in [-0.25, -0.2) is 0 Å². The van der Waals surface area contributed by atoms with Crippen molar-refractivity contribution in [2.24, 2.45) is 10.9 Å². The largest absolute Gasteiger partial charge is 0.403 e. The maximum atomic E-state index is 12.8. The molecule has 5 nitrogen and oxygen atoms in total. The van der Waals surface area contributed by atoms with Gasteiger partial charge in [0.15, 0.2) is 5.96 Å². The Balaban J connectivity index is 0.00000312. The Morgan fingerprint density at radius 1 is 1.24 bits per heavy atom. The van der Waals surface area contributed by atoms with Crippen LogP contribution in [0.1, 0.15) is 26.2 Å². The molecule has 2 aliphatic rings. The molecule has 25 heavy (non-hydrogen) atoms. The fraction of sp³-hybridized carbons (Fsp3) is 0.938. The molecule has 1 heterocycles. The lowest BCUT2D eigenvalue weighted by Crippen LogP contribution is -2.56. The molecule has 0 aromatic heterocycles. The highest BCUT2D eigenvalue weighted by Gasteiger charge is 2.41. The van der Waals surface area contributed by atoms with Crippen LogP contribution in [0.15, 0.2) is 4.99 Å². The molecule has 1 unspecified atom stereocenters. The van der Waals surface area contributed by atoms with Crippen LogP contribution < -0.4 is 5.32 Å². The summed E-state index contributed by atoms with van der Waals surface area (Å²) in [5.41, 5.74) is 0. The van der Waals surface area contributed by atoms with E-state index >= 15 is 0 Å². The molecule has 0 spiro atoms. The summed E-state index contributed by atoms with van der Waals surface area (Å²) in [5.74, 6) is 1.54. The Kier molecular flexibility index (Phi) is 9.79. The Morgan fingerprint density at radius 2 is 1.88 bits per heavy atom. The summed E-state index contributed by atoms with van der Waals surface area (Å²) >= 11 is 0. The Labute approximate surface area is 165 Å². The number of nitrogens with zero attached hydrogens (tertiary/aromatic N) is 3. The first-order valence-electron chi connectivity index (χ1n) is 8.76. The predicted molar refractivity (Wildman–Crippen MR) is 104 cm³/mol. The number of guanidine groups is 1. The molecule has 2 rings (SSSR count). The van der Waals surface area contributed by atoms with Crippen LogP contribution in [0.5, 0.6) is 0 Å². The molecular formula is C16H30F3IN4O. The highest BCUT2D eigenvalue weighted by atomic mass is 127. The van der Waals surface area contributed by atoms with Crippen LogP contribution in [0.2, 0.25) is 0 Å². The number of piperazine rings is 1. The van der Waals surface area contributed by atoms with Gasteiger partial charge >= 0.3 is 6.18 Å². The molecule has 0 bridgehead atoms. The Hall–Kier alpha value is -0.290. The van der Waals surface area contributed by atoms with Crippen molar-refractivity contribution in [1.82, 2.24) is 15.1 Å². The van der Waals surface area contributed by atoms with Crippen molar-refractivity contribution < 1.29 is 17.9 Å². The van der Waals surface area contributed by atoms with Crippen molar-refractivity contribution in [3.63, 3.8) is 0 Å². The summed E-state index contributed by atoms with van der Waals surface area (Å²) in [4.78, 5) is 7.74. The third-order valence-corrected chi connectivity index (χ3v) is 4.65. The van der Waals surface area contributed by atoms with Crippen LogP contribution in [0, 0.1) is 5.92 Å². The molecule has 1 aliphatic carbocycles. The van der Waals surface area contributed by atoms with E-state index in [1.807, 2.05) is 4.90 Å². The first kappa shape index (κ1) is 22.8. The number of alkyl halides is 3. The molecule has 1 N–H and O–H groups in total. The minimum Gasteiger partial charge on any atom is -0.381 e. The van der Waals surface area contributed by atoms with Crippen molar-refractivity contribution in [1.29, 1.82) is 0 Å². The summed E-state index contributed by atoms with van der Waals surface area (Å²) < 4.78 is 43.9. The van der Waals surface area contributed by atoms with Gasteiger partial charge in [-0.15, -0.1) is 24.0 Å². The number of aliphatic imine (C=N–C) groups is 1. The van der Waals surface area contributed by atoms with E-state index < -0.39 is 12.2 Å². The van der Waals surface area contributed by atoms with Crippen LogP contribution in [-0.4, -0.2) is 81.0 Å². The van der Waals surface area contributed by atoms with Gasteiger partial charge in [0.25, 0.3) is 0 Å². The summed E-state index contributed by atoms with van der Waals surface area (Å²) in [6.07, 6.45) is -0.674. The number of hydrogen-bond donors (Lipinski definition) is 1. The molecule has 1 saturated carbocycles. The van der Waals surface area contributed by atoms with Gasteiger partial charge in [0.2, 0.25) is 0 Å². The minimum absolute atomic E-state index is 0. The zero-order valence-electron chi connectivity index (χ0n) is 15.0. The van der Waals surface area contributed by atoms with E-state index in [1.165, 1.54) is 24.7 Å². The van der Waals surface area contributed by atoms with Gasteiger partial charge < -0.3 is 15.0 Å². The molecule has 0 radical (unpaired) electrons. The molecule has 0 aromatic rings. The van der Waals surface area contributed by atoms with Crippen molar-refractivity contribution >= 4 is 29.9 Å². The zero-order valence-corrected chi connectivity index (χ0v) is 17.3. The van der Waals surface area contributed by atoms with E-state index in [2.05, 4.69) is 10.3 Å². The quantitative estimate of drug-likeness (QED) is 0.265. The zero-order chi connectivity index (χ0) is 17.6. The standard InChI is InChI=1S/C16H29F3N4O.HI/c1-13(16(17,18)19)22-7-9-23(10-8-22)15(20-2)21-6-3-11-24-12-14-4-5-14;/h13-14H,3-12H2,1-2H3,(H,20,21);1H. The number of nitrogens with one attached hydrogen (secondary N) is 1. The molecule has 148 valence electrons. The van der Waals surface area contributed by atoms with E-state index in [1.54, 1.807) is 7.05 Å². The third kappa shape index (κ3) is 7.86. The lowest BCUT2D eigenvalue weighted by molar-refractivity contribution is -0.181. The Bertz CT molecular complexity index is 411. The van der Waals surface area contributed by atoms with E-state index in [0.29, 0.717) is 26.2 Å². The molecule has 0 amide bonds. The van der Waals surface area contributed by atoms with Gasteiger partial charge in [-0.05, 0) is 32.1 Å². The molecule has 9 heteroatoms. The highest BCUT2D eigenvalue weighted by molar-refractivity contribution is 14.0. The van der Waals surface area contributed by atoms with Crippen molar-refractivity contribution in [2.45, 2.75) is 38.4 Å². The molecule has 0 aromatic carbocycles. The molecule has 1 atom stereocenters. The lowest BCUT2D eigenvalue weighted by Gasteiger charge is -2.39. The predicted octanol–water partition coefficient (Wildman–Crippen LogP) is 2.56. The van der Waals surface area contributed by atoms with E-state index in [9.17, 15) is 13.2 Å². The first-order valence-corrected chi connectivity index (χ1v) is 8.76. The molecular weight excluding hydrogens is 448 g/mol. The normalized spacial score (nSPS) is 21.0. The lowest BCUT2D eigenvalue weighted by atomic mass is 10.2. The van der Waals surface area contributed by atoms with Gasteiger partial charge in [0.1, 0.15) is 6.04 Å². The van der Waals surface area contributed by atoms with Crippen LogP contribution in [0.4, 0.5) is 13.2 Å². The SMILES string of the molecule is CN=C(NCCCOCC1CC1)N1CCN(C(C)C(F)(F)F)CC1.I. The molecule has 1 aliphatic heterocycles. The van der Waals surface area contributed by atoms with Crippen molar-refractivity contribution in [3.05, 3.63) is 0 Å². The first-order chi connectivity index (χ1) is 11.4. The smallest absolute Gasteiger partial charge is 0.381 e. The summed E-state index contributed by atoms with van der Waals surface area (Å²) in [6.45, 7) is 5.49. The van der Waals surface area contributed by atoms with Crippen LogP contribution in [-0.2, 0) is 4.74 Å². The van der Waals surface area contributed by atoms with E-state index in [4.69, 9.17) is 4.74 Å². The average molecular weight is 478 g/mol. The van der Waals surface area contributed by atoms with Gasteiger partial charge in [-0.3, -0.25) is 9.89 Å². The van der Waals surface area contributed by atoms with Crippen molar-refractivity contribution in [3.8, 4) is 0 Å². The summed E-state index contributed by atoms with van der Waals surface area (Å²) in [7, 11) is 1.71. The maximum absolute atomic E-state index is 12.8.